The number of hydrogen-bond acceptors (Lipinski definition) is 5. The van der Waals surface area contributed by atoms with Gasteiger partial charge in [0.15, 0.2) is 0 Å². The summed E-state index contributed by atoms with van der Waals surface area (Å²) in [5.41, 5.74) is 2.41. The highest BCUT2D eigenvalue weighted by atomic mass is 16.5. The number of amides is 1. The first-order valence-electron chi connectivity index (χ1n) is 11.7. The van der Waals surface area contributed by atoms with Crippen LogP contribution in [0.15, 0.2) is 48.0 Å². The SMILES string of the molecule is CCCCN1C(=O)C(=O)/C(=C(\O)c2ccc(OCC)cc2OCC)C1c1ccc(CC)cc1. The van der Waals surface area contributed by atoms with Crippen molar-refractivity contribution < 1.29 is 24.2 Å². The van der Waals surface area contributed by atoms with E-state index in [4.69, 9.17) is 9.47 Å². The molecule has 2 aromatic carbocycles. The molecular weight excluding hydrogens is 418 g/mol. The van der Waals surface area contributed by atoms with Gasteiger partial charge in [-0.15, -0.1) is 0 Å². The maximum atomic E-state index is 13.2. The van der Waals surface area contributed by atoms with Gasteiger partial charge in [0.05, 0.1) is 30.4 Å². The van der Waals surface area contributed by atoms with E-state index in [1.807, 2.05) is 45.0 Å². The Hall–Kier alpha value is -3.28. The third-order valence-electron chi connectivity index (χ3n) is 5.82. The van der Waals surface area contributed by atoms with Gasteiger partial charge < -0.3 is 19.5 Å². The van der Waals surface area contributed by atoms with Crippen LogP contribution in [0, 0.1) is 0 Å². The van der Waals surface area contributed by atoms with Crippen LogP contribution in [-0.4, -0.2) is 41.5 Å². The molecule has 33 heavy (non-hydrogen) atoms. The van der Waals surface area contributed by atoms with E-state index >= 15 is 0 Å². The molecule has 1 atom stereocenters. The molecule has 1 amide bonds. The average Bonchev–Trinajstić information content (AvgIpc) is 3.08. The van der Waals surface area contributed by atoms with E-state index in [9.17, 15) is 14.7 Å². The largest absolute Gasteiger partial charge is 0.507 e. The summed E-state index contributed by atoms with van der Waals surface area (Å²) in [7, 11) is 0. The van der Waals surface area contributed by atoms with E-state index in [0.29, 0.717) is 36.8 Å². The van der Waals surface area contributed by atoms with E-state index in [2.05, 4.69) is 6.92 Å². The van der Waals surface area contributed by atoms with E-state index in [0.717, 1.165) is 30.4 Å². The van der Waals surface area contributed by atoms with Crippen LogP contribution in [0.25, 0.3) is 5.76 Å². The summed E-state index contributed by atoms with van der Waals surface area (Å²) in [4.78, 5) is 27.7. The van der Waals surface area contributed by atoms with Crippen molar-refractivity contribution in [2.45, 2.75) is 53.0 Å². The lowest BCUT2D eigenvalue weighted by molar-refractivity contribution is -0.139. The van der Waals surface area contributed by atoms with Crippen LogP contribution in [-0.2, 0) is 16.0 Å². The van der Waals surface area contributed by atoms with Gasteiger partial charge in [-0.1, -0.05) is 44.5 Å². The van der Waals surface area contributed by atoms with Crippen molar-refractivity contribution in [3.8, 4) is 11.5 Å². The Morgan fingerprint density at radius 3 is 2.27 bits per heavy atom. The smallest absolute Gasteiger partial charge is 0.295 e. The number of aliphatic hydroxyl groups is 1. The van der Waals surface area contributed by atoms with Gasteiger partial charge >= 0.3 is 0 Å². The zero-order valence-corrected chi connectivity index (χ0v) is 19.9. The van der Waals surface area contributed by atoms with Crippen molar-refractivity contribution in [1.82, 2.24) is 4.90 Å². The Morgan fingerprint density at radius 2 is 1.67 bits per heavy atom. The van der Waals surface area contributed by atoms with Crippen LogP contribution in [0.3, 0.4) is 0 Å². The topological polar surface area (TPSA) is 76.1 Å². The zero-order valence-electron chi connectivity index (χ0n) is 19.9. The van der Waals surface area contributed by atoms with Crippen LogP contribution in [0.1, 0.15) is 63.3 Å². The second-order valence-corrected chi connectivity index (χ2v) is 7.97. The number of ether oxygens (including phenoxy) is 2. The molecule has 0 radical (unpaired) electrons. The number of unbranched alkanes of at least 4 members (excludes halogenated alkanes) is 1. The summed E-state index contributed by atoms with van der Waals surface area (Å²) in [6.07, 6.45) is 2.54. The number of ketones is 1. The number of carbonyl (C=O) groups is 2. The molecule has 1 heterocycles. The maximum Gasteiger partial charge on any atom is 0.295 e. The highest BCUT2D eigenvalue weighted by Gasteiger charge is 2.46. The first kappa shape index (κ1) is 24.4. The molecule has 1 saturated heterocycles. The van der Waals surface area contributed by atoms with Crippen LogP contribution in [0.5, 0.6) is 11.5 Å². The molecule has 1 fully saturated rings. The molecule has 0 aliphatic carbocycles. The number of hydrogen-bond donors (Lipinski definition) is 1. The molecular formula is C27H33NO5. The minimum atomic E-state index is -0.676. The molecule has 3 rings (SSSR count). The minimum Gasteiger partial charge on any atom is -0.507 e. The summed E-state index contributed by atoms with van der Waals surface area (Å²) >= 11 is 0. The van der Waals surface area contributed by atoms with E-state index < -0.39 is 17.7 Å². The molecule has 2 aromatic rings. The number of likely N-dealkylation sites (tertiary alicyclic amines) is 1. The van der Waals surface area contributed by atoms with Crippen LogP contribution in [0.4, 0.5) is 0 Å². The molecule has 0 aromatic heterocycles. The number of rotatable bonds is 10. The molecule has 1 N–H and O–H groups in total. The Labute approximate surface area is 195 Å². The maximum absolute atomic E-state index is 13.2. The quantitative estimate of drug-likeness (QED) is 0.303. The van der Waals surface area contributed by atoms with Gasteiger partial charge in [-0.05, 0) is 49.9 Å². The fourth-order valence-electron chi connectivity index (χ4n) is 4.10. The van der Waals surface area contributed by atoms with Crippen molar-refractivity contribution in [2.24, 2.45) is 0 Å². The third-order valence-corrected chi connectivity index (χ3v) is 5.82. The molecule has 0 spiro atoms. The van der Waals surface area contributed by atoms with Crippen molar-refractivity contribution in [3.05, 3.63) is 64.7 Å². The predicted molar refractivity (Wildman–Crippen MR) is 129 cm³/mol. The van der Waals surface area contributed by atoms with Crippen LogP contribution >= 0.6 is 0 Å². The normalized spacial score (nSPS) is 17.5. The number of nitrogens with zero attached hydrogens (tertiary/aromatic N) is 1. The highest BCUT2D eigenvalue weighted by Crippen LogP contribution is 2.41. The first-order valence-corrected chi connectivity index (χ1v) is 11.7. The van der Waals surface area contributed by atoms with Crippen molar-refractivity contribution in [2.75, 3.05) is 19.8 Å². The molecule has 1 aliphatic rings. The molecule has 6 heteroatoms. The molecule has 176 valence electrons. The molecule has 0 bridgehead atoms. The number of carbonyl (C=O) groups excluding carboxylic acids is 2. The summed E-state index contributed by atoms with van der Waals surface area (Å²) in [6.45, 7) is 9.15. The summed E-state index contributed by atoms with van der Waals surface area (Å²) < 4.78 is 11.3. The monoisotopic (exact) mass is 451 g/mol. The fourth-order valence-corrected chi connectivity index (χ4v) is 4.10. The Morgan fingerprint density at radius 1 is 0.970 bits per heavy atom. The molecule has 6 nitrogen and oxygen atoms in total. The van der Waals surface area contributed by atoms with Crippen molar-refractivity contribution in [1.29, 1.82) is 0 Å². The van der Waals surface area contributed by atoms with Gasteiger partial charge in [0.1, 0.15) is 17.3 Å². The standard InChI is InChI=1S/C27H33NO5/c1-5-9-16-28-24(19-12-10-18(6-2)11-13-19)23(26(30)27(28)31)25(29)21-15-14-20(32-7-3)17-22(21)33-8-4/h10-15,17,24,29H,5-9,16H2,1-4H3/b25-23-. The van der Waals surface area contributed by atoms with Gasteiger partial charge in [0.2, 0.25) is 0 Å². The van der Waals surface area contributed by atoms with Gasteiger partial charge in [0.25, 0.3) is 11.7 Å². The number of benzene rings is 2. The number of aryl methyl sites for hydroxylation is 1. The first-order chi connectivity index (χ1) is 16.0. The molecule has 1 unspecified atom stereocenters. The average molecular weight is 452 g/mol. The third kappa shape index (κ3) is 5.05. The summed E-state index contributed by atoms with van der Waals surface area (Å²) in [6, 6.07) is 12.3. The van der Waals surface area contributed by atoms with E-state index in [-0.39, 0.29) is 11.3 Å². The van der Waals surface area contributed by atoms with E-state index in [1.54, 1.807) is 23.1 Å². The van der Waals surface area contributed by atoms with Gasteiger partial charge in [0, 0.05) is 12.6 Å². The lowest BCUT2D eigenvalue weighted by atomic mass is 9.94. The second kappa shape index (κ2) is 11.0. The zero-order chi connectivity index (χ0) is 24.0. The highest BCUT2D eigenvalue weighted by molar-refractivity contribution is 6.46. The van der Waals surface area contributed by atoms with Crippen molar-refractivity contribution in [3.63, 3.8) is 0 Å². The fraction of sp³-hybridized carbons (Fsp3) is 0.407. The minimum absolute atomic E-state index is 0.0884. The number of Topliss-reactive ketones (excluding diaryl/α,β-unsaturated/α-hetero) is 1. The Kier molecular flexibility index (Phi) is 8.15. The van der Waals surface area contributed by atoms with Gasteiger partial charge in [-0.25, -0.2) is 0 Å². The second-order valence-electron chi connectivity index (χ2n) is 7.97. The van der Waals surface area contributed by atoms with Crippen LogP contribution in [0.2, 0.25) is 0 Å². The number of aliphatic hydroxyl groups excluding tert-OH is 1. The molecule has 0 saturated carbocycles. The van der Waals surface area contributed by atoms with Gasteiger partial charge in [-0.2, -0.15) is 0 Å². The predicted octanol–water partition coefficient (Wildman–Crippen LogP) is 5.27. The Balaban J connectivity index is 2.17. The van der Waals surface area contributed by atoms with Gasteiger partial charge in [-0.3, -0.25) is 9.59 Å². The Bertz CT molecular complexity index is 1030. The summed E-state index contributed by atoms with van der Waals surface area (Å²) in [5.74, 6) is -0.486. The lowest BCUT2D eigenvalue weighted by Crippen LogP contribution is -2.30. The lowest BCUT2D eigenvalue weighted by Gasteiger charge is -2.25. The van der Waals surface area contributed by atoms with Crippen LogP contribution < -0.4 is 9.47 Å². The molecule has 1 aliphatic heterocycles. The summed E-state index contributed by atoms with van der Waals surface area (Å²) in [5, 5.41) is 11.4. The van der Waals surface area contributed by atoms with E-state index in [1.165, 1.54) is 0 Å². The van der Waals surface area contributed by atoms with Crippen molar-refractivity contribution >= 4 is 17.4 Å².